The summed E-state index contributed by atoms with van der Waals surface area (Å²) in [5, 5.41) is 10.1. The lowest BCUT2D eigenvalue weighted by Gasteiger charge is -2.16. The van der Waals surface area contributed by atoms with Crippen LogP contribution in [0.5, 0.6) is 5.75 Å². The molecule has 1 N–H and O–H groups in total. The summed E-state index contributed by atoms with van der Waals surface area (Å²) in [4.78, 5) is 2.18. The van der Waals surface area contributed by atoms with Crippen LogP contribution in [0, 0.1) is 6.92 Å². The van der Waals surface area contributed by atoms with Gasteiger partial charge in [0.15, 0.2) is 0 Å². The van der Waals surface area contributed by atoms with Crippen LogP contribution in [0.1, 0.15) is 37.3 Å². The molecule has 0 saturated heterocycles. The van der Waals surface area contributed by atoms with Crippen LogP contribution in [0.25, 0.3) is 5.57 Å². The van der Waals surface area contributed by atoms with Gasteiger partial charge in [0.2, 0.25) is 0 Å². The smallest absolute Gasteiger partial charge is 0.123 e. The van der Waals surface area contributed by atoms with Gasteiger partial charge in [-0.25, -0.2) is 0 Å². The topological polar surface area (TPSA) is 23.5 Å². The van der Waals surface area contributed by atoms with Gasteiger partial charge in [-0.05, 0) is 51.1 Å². The van der Waals surface area contributed by atoms with Crippen LogP contribution in [-0.4, -0.2) is 30.6 Å². The van der Waals surface area contributed by atoms with E-state index in [1.807, 2.05) is 6.07 Å². The maximum atomic E-state index is 10.1. The van der Waals surface area contributed by atoms with E-state index in [9.17, 15) is 5.11 Å². The number of nitrogens with zero attached hydrogens (tertiary/aromatic N) is 1. The summed E-state index contributed by atoms with van der Waals surface area (Å²) < 4.78 is 0. The molecule has 0 fully saturated rings. The van der Waals surface area contributed by atoms with Crippen LogP contribution in [0.3, 0.4) is 0 Å². The Morgan fingerprint density at radius 2 is 2.06 bits per heavy atom. The molecule has 2 nitrogen and oxygen atoms in total. The second kappa shape index (κ2) is 7.22. The fourth-order valence-electron chi connectivity index (χ4n) is 2.06. The number of benzene rings is 1. The predicted molar refractivity (Wildman–Crippen MR) is 78.9 cm³/mol. The van der Waals surface area contributed by atoms with Crippen molar-refractivity contribution in [3.05, 3.63) is 35.4 Å². The highest BCUT2D eigenvalue weighted by molar-refractivity contribution is 5.72. The minimum atomic E-state index is 0.399. The standard InChI is InChI=1S/C16H25NO/c1-5-6-9-14(11-12-17(3)4)16-13(2)8-7-10-15(16)18/h7-10,18H,5-6,11-12H2,1-4H3/b14-9-. The molecule has 0 atom stereocenters. The van der Waals surface area contributed by atoms with Crippen molar-refractivity contribution in [2.45, 2.75) is 33.1 Å². The Morgan fingerprint density at radius 3 is 2.61 bits per heavy atom. The maximum Gasteiger partial charge on any atom is 0.123 e. The van der Waals surface area contributed by atoms with Gasteiger partial charge in [0.25, 0.3) is 0 Å². The van der Waals surface area contributed by atoms with E-state index in [0.29, 0.717) is 5.75 Å². The molecule has 0 spiro atoms. The second-order valence-corrected chi connectivity index (χ2v) is 5.04. The summed E-state index contributed by atoms with van der Waals surface area (Å²) in [7, 11) is 4.16. The predicted octanol–water partition coefficient (Wildman–Crippen LogP) is 3.84. The number of phenolic OH excluding ortho intramolecular Hbond substituents is 1. The lowest BCUT2D eigenvalue weighted by Crippen LogP contribution is -2.13. The normalized spacial score (nSPS) is 12.2. The summed E-state index contributed by atoms with van der Waals surface area (Å²) in [5.74, 6) is 0.399. The van der Waals surface area contributed by atoms with E-state index in [0.717, 1.165) is 36.9 Å². The van der Waals surface area contributed by atoms with Crippen LogP contribution in [0.15, 0.2) is 24.3 Å². The molecule has 18 heavy (non-hydrogen) atoms. The molecule has 100 valence electrons. The molecule has 1 aromatic rings. The van der Waals surface area contributed by atoms with Crippen LogP contribution in [0.2, 0.25) is 0 Å². The van der Waals surface area contributed by atoms with E-state index in [-0.39, 0.29) is 0 Å². The summed E-state index contributed by atoms with van der Waals surface area (Å²) in [6.45, 7) is 5.24. The van der Waals surface area contributed by atoms with Crippen molar-refractivity contribution in [1.29, 1.82) is 0 Å². The number of aryl methyl sites for hydroxylation is 1. The number of hydrogen-bond acceptors (Lipinski definition) is 2. The first kappa shape index (κ1) is 14.8. The molecular weight excluding hydrogens is 222 g/mol. The first-order valence-electron chi connectivity index (χ1n) is 6.69. The van der Waals surface area contributed by atoms with Crippen molar-refractivity contribution in [1.82, 2.24) is 4.90 Å². The Hall–Kier alpha value is -1.28. The van der Waals surface area contributed by atoms with Gasteiger partial charge in [-0.3, -0.25) is 0 Å². The van der Waals surface area contributed by atoms with E-state index in [2.05, 4.69) is 45.0 Å². The molecule has 0 aliphatic rings. The SMILES string of the molecule is CCC/C=C(/CCN(C)C)c1c(C)cccc1O. The Bertz CT molecular complexity index is 387. The van der Waals surface area contributed by atoms with Crippen LogP contribution in [0.4, 0.5) is 0 Å². The molecular formula is C16H25NO. The van der Waals surface area contributed by atoms with Gasteiger partial charge >= 0.3 is 0 Å². The molecule has 0 aliphatic carbocycles. The Labute approximate surface area is 111 Å². The third-order valence-electron chi connectivity index (χ3n) is 3.08. The molecule has 1 rings (SSSR count). The molecule has 0 radical (unpaired) electrons. The van der Waals surface area contributed by atoms with E-state index in [4.69, 9.17) is 0 Å². The zero-order valence-corrected chi connectivity index (χ0v) is 12.0. The molecule has 0 bridgehead atoms. The van der Waals surface area contributed by atoms with Crippen molar-refractivity contribution in [2.75, 3.05) is 20.6 Å². The third-order valence-corrected chi connectivity index (χ3v) is 3.08. The number of aromatic hydroxyl groups is 1. The monoisotopic (exact) mass is 247 g/mol. The van der Waals surface area contributed by atoms with E-state index >= 15 is 0 Å². The summed E-state index contributed by atoms with van der Waals surface area (Å²) in [6, 6.07) is 5.74. The quantitative estimate of drug-likeness (QED) is 0.825. The molecule has 1 aromatic carbocycles. The zero-order chi connectivity index (χ0) is 13.5. The number of unbranched alkanes of at least 4 members (excludes halogenated alkanes) is 1. The van der Waals surface area contributed by atoms with Crippen molar-refractivity contribution < 1.29 is 5.11 Å². The van der Waals surface area contributed by atoms with E-state index in [1.165, 1.54) is 5.57 Å². The van der Waals surface area contributed by atoms with Crippen molar-refractivity contribution in [2.24, 2.45) is 0 Å². The van der Waals surface area contributed by atoms with Gasteiger partial charge in [0.1, 0.15) is 5.75 Å². The van der Waals surface area contributed by atoms with E-state index < -0.39 is 0 Å². The number of allylic oxidation sites excluding steroid dienone is 1. The fraction of sp³-hybridized carbons (Fsp3) is 0.500. The molecule has 2 heteroatoms. The highest BCUT2D eigenvalue weighted by atomic mass is 16.3. The van der Waals surface area contributed by atoms with Gasteiger partial charge in [-0.1, -0.05) is 31.6 Å². The number of hydrogen-bond donors (Lipinski definition) is 1. The molecule has 0 aliphatic heterocycles. The highest BCUT2D eigenvalue weighted by Crippen LogP contribution is 2.31. The summed E-state index contributed by atoms with van der Waals surface area (Å²) >= 11 is 0. The van der Waals surface area contributed by atoms with Crippen molar-refractivity contribution >= 4 is 5.57 Å². The average molecular weight is 247 g/mol. The minimum Gasteiger partial charge on any atom is -0.507 e. The van der Waals surface area contributed by atoms with Gasteiger partial charge in [-0.2, -0.15) is 0 Å². The Kier molecular flexibility index (Phi) is 5.93. The van der Waals surface area contributed by atoms with Crippen molar-refractivity contribution in [3.8, 4) is 5.75 Å². The third kappa shape index (κ3) is 4.19. The van der Waals surface area contributed by atoms with Gasteiger partial charge in [0, 0.05) is 12.1 Å². The zero-order valence-electron chi connectivity index (χ0n) is 12.0. The van der Waals surface area contributed by atoms with Gasteiger partial charge in [0.05, 0.1) is 0 Å². The average Bonchev–Trinajstić information content (AvgIpc) is 2.31. The first-order valence-corrected chi connectivity index (χ1v) is 6.69. The Morgan fingerprint density at radius 1 is 1.33 bits per heavy atom. The molecule has 0 aromatic heterocycles. The maximum absolute atomic E-state index is 10.1. The molecule has 0 amide bonds. The largest absolute Gasteiger partial charge is 0.507 e. The van der Waals surface area contributed by atoms with Gasteiger partial charge in [-0.15, -0.1) is 0 Å². The fourth-order valence-corrected chi connectivity index (χ4v) is 2.06. The minimum absolute atomic E-state index is 0.399. The molecule has 0 unspecified atom stereocenters. The van der Waals surface area contributed by atoms with Gasteiger partial charge < -0.3 is 10.0 Å². The number of phenols is 1. The Balaban J connectivity index is 3.02. The lowest BCUT2D eigenvalue weighted by atomic mass is 9.95. The van der Waals surface area contributed by atoms with E-state index in [1.54, 1.807) is 6.07 Å². The second-order valence-electron chi connectivity index (χ2n) is 5.04. The highest BCUT2D eigenvalue weighted by Gasteiger charge is 2.10. The first-order chi connectivity index (χ1) is 8.56. The molecule has 0 saturated carbocycles. The van der Waals surface area contributed by atoms with Crippen LogP contribution in [-0.2, 0) is 0 Å². The number of rotatable bonds is 6. The summed E-state index contributed by atoms with van der Waals surface area (Å²) in [5.41, 5.74) is 3.44. The van der Waals surface area contributed by atoms with Crippen LogP contribution < -0.4 is 0 Å². The lowest BCUT2D eigenvalue weighted by molar-refractivity contribution is 0.418. The summed E-state index contributed by atoms with van der Waals surface area (Å²) in [6.07, 6.45) is 5.45. The van der Waals surface area contributed by atoms with Crippen molar-refractivity contribution in [3.63, 3.8) is 0 Å². The van der Waals surface area contributed by atoms with Crippen LogP contribution >= 0.6 is 0 Å². The molecule has 0 heterocycles.